The topological polar surface area (TPSA) is 0 Å². The Kier molecular flexibility index (Phi) is 9.36. The number of hydrogen-bond acceptors (Lipinski definition) is 1. The smallest absolute Gasteiger partial charge is 0.0355 e. The summed E-state index contributed by atoms with van der Waals surface area (Å²) in [4.78, 5) is 0. The average Bonchev–Trinajstić information content (AvgIpc) is 3.94. The van der Waals surface area contributed by atoms with Gasteiger partial charge in [0.25, 0.3) is 0 Å². The molecule has 64 heavy (non-hydrogen) atoms. The Morgan fingerprint density at radius 3 is 2.00 bits per heavy atom. The molecule has 0 N–H and O–H groups in total. The highest BCUT2D eigenvalue weighted by molar-refractivity contribution is 7.25. The number of thiophene rings is 1. The fraction of sp³-hybridized carbons (Fsp3) is 0.175. The van der Waals surface area contributed by atoms with Crippen molar-refractivity contribution in [1.82, 2.24) is 0 Å². The van der Waals surface area contributed by atoms with Gasteiger partial charge in [0.2, 0.25) is 0 Å². The highest BCUT2D eigenvalue weighted by atomic mass is 32.1. The van der Waals surface area contributed by atoms with E-state index < -0.39 is 0 Å². The van der Waals surface area contributed by atoms with E-state index in [1.165, 1.54) is 114 Å². The zero-order chi connectivity index (χ0) is 43.1. The van der Waals surface area contributed by atoms with Crippen molar-refractivity contribution in [3.63, 3.8) is 0 Å². The van der Waals surface area contributed by atoms with E-state index in [9.17, 15) is 0 Å². The Morgan fingerprint density at radius 1 is 0.516 bits per heavy atom. The second kappa shape index (κ2) is 15.3. The Hall–Kier alpha value is -6.54. The Bertz CT molecular complexity index is 3420. The minimum atomic E-state index is -0.138. The molecule has 12 rings (SSSR count). The summed E-state index contributed by atoms with van der Waals surface area (Å²) in [6, 6.07) is 71.8. The first-order chi connectivity index (χ1) is 31.3. The van der Waals surface area contributed by atoms with Crippen LogP contribution in [0.15, 0.2) is 188 Å². The molecule has 0 spiro atoms. The van der Waals surface area contributed by atoms with Gasteiger partial charge in [0.05, 0.1) is 0 Å². The molecule has 2 aliphatic rings. The first kappa shape index (κ1) is 39.1. The molecule has 3 unspecified atom stereocenters. The van der Waals surface area contributed by atoms with Crippen molar-refractivity contribution >= 4 is 42.3 Å². The summed E-state index contributed by atoms with van der Waals surface area (Å²) in [6.07, 6.45) is 3.08. The maximum absolute atomic E-state index is 2.60. The summed E-state index contributed by atoms with van der Waals surface area (Å²) < 4.78 is 2.73. The fourth-order valence-corrected chi connectivity index (χ4v) is 12.8. The molecule has 0 fully saturated rings. The molecule has 0 radical (unpaired) electrons. The maximum Gasteiger partial charge on any atom is 0.0355 e. The summed E-state index contributed by atoms with van der Waals surface area (Å²) in [6.45, 7) is 9.64. The van der Waals surface area contributed by atoms with Crippen LogP contribution < -0.4 is 0 Å². The predicted molar refractivity (Wildman–Crippen MR) is 274 cm³/mol. The summed E-state index contributed by atoms with van der Waals surface area (Å²) in [5, 5.41) is 5.52. The molecule has 10 aromatic rings. The van der Waals surface area contributed by atoms with Gasteiger partial charge in [0, 0.05) is 31.5 Å². The van der Waals surface area contributed by atoms with Gasteiger partial charge in [-0.05, 0) is 151 Å². The van der Waals surface area contributed by atoms with Crippen LogP contribution in [0.2, 0.25) is 0 Å². The normalized spacial score (nSPS) is 15.5. The van der Waals surface area contributed by atoms with E-state index >= 15 is 0 Å². The molecule has 0 saturated carbocycles. The van der Waals surface area contributed by atoms with Crippen LogP contribution in [0.1, 0.15) is 95.0 Å². The summed E-state index contributed by atoms with van der Waals surface area (Å²) in [7, 11) is 0. The van der Waals surface area contributed by atoms with Gasteiger partial charge in [0.1, 0.15) is 0 Å². The summed E-state index contributed by atoms with van der Waals surface area (Å²) in [5.41, 5.74) is 20.9. The van der Waals surface area contributed by atoms with Gasteiger partial charge >= 0.3 is 0 Å². The summed E-state index contributed by atoms with van der Waals surface area (Å²) >= 11 is 1.90. The maximum atomic E-state index is 2.60. The monoisotopic (exact) mass is 840 g/mol. The van der Waals surface area contributed by atoms with Gasteiger partial charge < -0.3 is 0 Å². The van der Waals surface area contributed by atoms with Crippen molar-refractivity contribution in [2.45, 2.75) is 70.1 Å². The fourth-order valence-electron chi connectivity index (χ4n) is 11.7. The minimum Gasteiger partial charge on any atom is -0.135 e. The van der Waals surface area contributed by atoms with Crippen LogP contribution >= 0.6 is 11.3 Å². The molecule has 0 saturated heterocycles. The van der Waals surface area contributed by atoms with Crippen LogP contribution in [-0.4, -0.2) is 0 Å². The lowest BCUT2D eigenvalue weighted by atomic mass is 9.76. The summed E-state index contributed by atoms with van der Waals surface area (Å²) in [5.74, 6) is 0.992. The molecule has 0 bridgehead atoms. The van der Waals surface area contributed by atoms with Crippen molar-refractivity contribution in [3.05, 3.63) is 238 Å². The van der Waals surface area contributed by atoms with Crippen LogP contribution in [0, 0.1) is 6.92 Å². The van der Waals surface area contributed by atoms with Crippen molar-refractivity contribution in [3.8, 4) is 33.4 Å². The molecule has 0 aliphatic heterocycles. The second-order valence-corrected chi connectivity index (χ2v) is 20.3. The zero-order valence-electron chi connectivity index (χ0n) is 37.2. The second-order valence-electron chi connectivity index (χ2n) is 19.2. The molecule has 0 amide bonds. The van der Waals surface area contributed by atoms with E-state index in [1.807, 2.05) is 11.3 Å². The standard InChI is InChI=1S/C63H52S/c1-39-23-28-49-48(50-29-25-44(35-56(50)55(49)33-39)42-17-9-6-10-18-42)30-26-46-38-59-62(52-21-12-11-19-47(46)52)53-31-24-43(37-58(53)63(59,3)4)40(2)54(34-41-15-7-5-8-16-41)45-27-32-61-57(36-45)51-20-13-14-22-60(51)64-61/h5-25,27-29,31-33,35-38,40,48,54H,26,30,34H2,1-4H3. The Labute approximate surface area is 381 Å². The molecule has 1 aromatic heterocycles. The number of hydrogen-bond donors (Lipinski definition) is 0. The first-order valence-electron chi connectivity index (χ1n) is 23.3. The molecule has 310 valence electrons. The van der Waals surface area contributed by atoms with Crippen molar-refractivity contribution in [2.24, 2.45) is 0 Å². The van der Waals surface area contributed by atoms with Crippen LogP contribution in [0.3, 0.4) is 0 Å². The molecule has 1 heteroatoms. The Morgan fingerprint density at radius 2 is 1.19 bits per heavy atom. The molecule has 0 nitrogen and oxygen atoms in total. The number of rotatable bonds is 9. The van der Waals surface area contributed by atoms with Crippen molar-refractivity contribution in [2.75, 3.05) is 0 Å². The van der Waals surface area contributed by atoms with E-state index in [-0.39, 0.29) is 5.41 Å². The largest absolute Gasteiger partial charge is 0.135 e. The molecule has 2 aliphatic carbocycles. The van der Waals surface area contributed by atoms with E-state index in [1.54, 1.807) is 0 Å². The first-order valence-corrected chi connectivity index (χ1v) is 24.1. The average molecular weight is 841 g/mol. The third-order valence-electron chi connectivity index (χ3n) is 15.2. The van der Waals surface area contributed by atoms with Crippen LogP contribution in [0.5, 0.6) is 0 Å². The molecule has 3 atom stereocenters. The van der Waals surface area contributed by atoms with Gasteiger partial charge in [-0.2, -0.15) is 0 Å². The SMILES string of the molecule is Cc1ccc2c(c1)-c1cc(-c3ccccc3)ccc1C2CCc1cc2c(c3ccccc13)-c1ccc(C(C)C(Cc3ccccc3)c3ccc4sc5ccccc5c4c3)cc1C2(C)C. The molecular formula is C63H52S. The number of aryl methyl sites for hydroxylation is 2. The van der Waals surface area contributed by atoms with E-state index in [0.29, 0.717) is 17.8 Å². The van der Waals surface area contributed by atoms with E-state index in [2.05, 4.69) is 216 Å². The number of fused-ring (bicyclic) bond motifs is 11. The lowest BCUT2D eigenvalue weighted by Crippen LogP contribution is -2.17. The van der Waals surface area contributed by atoms with Gasteiger partial charge in [-0.15, -0.1) is 11.3 Å². The lowest BCUT2D eigenvalue weighted by Gasteiger charge is -2.28. The Balaban J connectivity index is 0.902. The van der Waals surface area contributed by atoms with E-state index in [0.717, 1.165) is 19.3 Å². The zero-order valence-corrected chi connectivity index (χ0v) is 38.0. The third-order valence-corrected chi connectivity index (χ3v) is 16.3. The predicted octanol–water partition coefficient (Wildman–Crippen LogP) is 17.4. The number of benzene rings is 9. The van der Waals surface area contributed by atoms with Gasteiger partial charge in [0.15, 0.2) is 0 Å². The molecule has 1 heterocycles. The van der Waals surface area contributed by atoms with Gasteiger partial charge in [-0.3, -0.25) is 0 Å². The van der Waals surface area contributed by atoms with Crippen LogP contribution in [-0.2, 0) is 18.3 Å². The molecular weight excluding hydrogens is 789 g/mol. The third kappa shape index (κ3) is 6.39. The highest BCUT2D eigenvalue weighted by Gasteiger charge is 2.38. The minimum absolute atomic E-state index is 0.138. The van der Waals surface area contributed by atoms with Crippen molar-refractivity contribution < 1.29 is 0 Å². The lowest BCUT2D eigenvalue weighted by molar-refractivity contribution is 0.570. The van der Waals surface area contributed by atoms with Gasteiger partial charge in [-0.1, -0.05) is 190 Å². The highest BCUT2D eigenvalue weighted by Crippen LogP contribution is 2.54. The molecule has 9 aromatic carbocycles. The van der Waals surface area contributed by atoms with Crippen molar-refractivity contribution in [1.29, 1.82) is 0 Å². The van der Waals surface area contributed by atoms with Crippen LogP contribution in [0.4, 0.5) is 0 Å². The quantitative estimate of drug-likeness (QED) is 0.136. The van der Waals surface area contributed by atoms with E-state index in [4.69, 9.17) is 0 Å². The van der Waals surface area contributed by atoms with Gasteiger partial charge in [-0.25, -0.2) is 0 Å². The van der Waals surface area contributed by atoms with Crippen LogP contribution in [0.25, 0.3) is 64.3 Å².